The Morgan fingerprint density at radius 1 is 1.30 bits per heavy atom. The number of benzene rings is 1. The minimum Gasteiger partial charge on any atom is -0.459 e. The highest BCUT2D eigenvalue weighted by Gasteiger charge is 2.35. The Bertz CT molecular complexity index is 870. The number of hydrogen-bond acceptors (Lipinski definition) is 6. The molecule has 2 aliphatic heterocycles. The summed E-state index contributed by atoms with van der Waals surface area (Å²) >= 11 is 1.65. The number of nitrogens with zero attached hydrogens (tertiary/aromatic N) is 2. The third kappa shape index (κ3) is 3.24. The Morgan fingerprint density at radius 2 is 2.11 bits per heavy atom. The Labute approximate surface area is 161 Å². The molecular formula is C19H22N4O3S. The summed E-state index contributed by atoms with van der Waals surface area (Å²) in [6.07, 6.45) is 1.49. The van der Waals surface area contributed by atoms with Crippen molar-refractivity contribution < 1.29 is 14.0 Å². The first kappa shape index (κ1) is 18.1. The van der Waals surface area contributed by atoms with Crippen molar-refractivity contribution in [2.75, 3.05) is 22.9 Å². The fraction of sp³-hybridized carbons (Fsp3) is 0.368. The van der Waals surface area contributed by atoms with Gasteiger partial charge in [-0.25, -0.2) is 0 Å². The Hall–Kier alpha value is -2.29. The van der Waals surface area contributed by atoms with Gasteiger partial charge in [0.1, 0.15) is 0 Å². The lowest BCUT2D eigenvalue weighted by Crippen LogP contribution is -2.51. The van der Waals surface area contributed by atoms with Crippen molar-refractivity contribution in [2.24, 2.45) is 5.73 Å². The maximum atomic E-state index is 13.0. The highest BCUT2D eigenvalue weighted by molar-refractivity contribution is 8.00. The van der Waals surface area contributed by atoms with Crippen molar-refractivity contribution in [3.8, 4) is 0 Å². The van der Waals surface area contributed by atoms with Crippen LogP contribution in [0.25, 0.3) is 0 Å². The molecule has 4 rings (SSSR count). The molecule has 1 aromatic heterocycles. The van der Waals surface area contributed by atoms with Crippen LogP contribution in [-0.2, 0) is 4.79 Å². The van der Waals surface area contributed by atoms with E-state index in [0.29, 0.717) is 12.2 Å². The quantitative estimate of drug-likeness (QED) is 0.823. The van der Waals surface area contributed by atoms with Gasteiger partial charge in [0.25, 0.3) is 5.91 Å². The average Bonchev–Trinajstić information content (AvgIpc) is 3.31. The molecule has 2 aliphatic rings. The van der Waals surface area contributed by atoms with Gasteiger partial charge in [0.2, 0.25) is 5.91 Å². The number of carbonyl (C=O) groups excluding carboxylic acids is 2. The predicted octanol–water partition coefficient (Wildman–Crippen LogP) is 2.30. The minimum atomic E-state index is -0.211. The van der Waals surface area contributed by atoms with Crippen LogP contribution in [0.1, 0.15) is 35.3 Å². The molecule has 0 saturated carbocycles. The molecule has 3 heterocycles. The second kappa shape index (κ2) is 7.03. The van der Waals surface area contributed by atoms with Gasteiger partial charge in [-0.05, 0) is 36.8 Å². The molecule has 0 aliphatic carbocycles. The number of nitrogens with one attached hydrogen (secondary N) is 1. The van der Waals surface area contributed by atoms with Crippen molar-refractivity contribution in [1.82, 2.24) is 5.32 Å². The predicted molar refractivity (Wildman–Crippen MR) is 106 cm³/mol. The smallest absolute Gasteiger partial charge is 0.294 e. The van der Waals surface area contributed by atoms with Crippen LogP contribution in [0.4, 0.5) is 11.4 Å². The molecule has 142 valence electrons. The number of hydrogen-bond donors (Lipinski definition) is 2. The van der Waals surface area contributed by atoms with Crippen LogP contribution in [0.2, 0.25) is 0 Å². The highest BCUT2D eigenvalue weighted by Crippen LogP contribution is 2.41. The summed E-state index contributed by atoms with van der Waals surface area (Å²) in [4.78, 5) is 28.7. The monoisotopic (exact) mass is 386 g/mol. The maximum Gasteiger partial charge on any atom is 0.294 e. The second-order valence-corrected chi connectivity index (χ2v) is 8.19. The van der Waals surface area contributed by atoms with Gasteiger partial charge >= 0.3 is 0 Å². The number of amides is 2. The van der Waals surface area contributed by atoms with Gasteiger partial charge in [-0.3, -0.25) is 14.9 Å². The zero-order valence-corrected chi connectivity index (χ0v) is 16.0. The largest absolute Gasteiger partial charge is 0.459 e. The Kier molecular flexibility index (Phi) is 4.71. The molecule has 7 nitrogen and oxygen atoms in total. The number of nitrogens with two attached hydrogens (primary N) is 1. The van der Waals surface area contributed by atoms with E-state index in [0.717, 1.165) is 17.8 Å². The SMILES string of the molecule is CC(=O)N1c2ccc(C3NCC(N)S3)cc2N(C(=O)c2ccco2)C[C@@H]1C. The van der Waals surface area contributed by atoms with Crippen molar-refractivity contribution in [1.29, 1.82) is 0 Å². The van der Waals surface area contributed by atoms with Crippen LogP contribution < -0.4 is 20.9 Å². The fourth-order valence-electron chi connectivity index (χ4n) is 3.70. The van der Waals surface area contributed by atoms with Gasteiger partial charge in [-0.1, -0.05) is 6.07 Å². The molecule has 3 atom stereocenters. The normalized spacial score (nSPS) is 24.8. The van der Waals surface area contributed by atoms with Gasteiger partial charge in [0, 0.05) is 20.0 Å². The summed E-state index contributed by atoms with van der Waals surface area (Å²) in [5.41, 5.74) is 8.47. The molecule has 2 aromatic rings. The summed E-state index contributed by atoms with van der Waals surface area (Å²) in [7, 11) is 0. The lowest BCUT2D eigenvalue weighted by Gasteiger charge is -2.40. The van der Waals surface area contributed by atoms with Crippen LogP contribution in [0.3, 0.4) is 0 Å². The zero-order valence-electron chi connectivity index (χ0n) is 15.2. The lowest BCUT2D eigenvalue weighted by molar-refractivity contribution is -0.117. The van der Waals surface area contributed by atoms with Crippen molar-refractivity contribution in [3.05, 3.63) is 47.9 Å². The molecule has 2 unspecified atom stereocenters. The molecule has 0 bridgehead atoms. The first-order valence-corrected chi connectivity index (χ1v) is 9.83. The molecule has 2 amide bonds. The topological polar surface area (TPSA) is 91.8 Å². The fourth-order valence-corrected chi connectivity index (χ4v) is 4.74. The molecule has 1 saturated heterocycles. The van der Waals surface area contributed by atoms with E-state index in [2.05, 4.69) is 5.32 Å². The van der Waals surface area contributed by atoms with Crippen molar-refractivity contribution in [2.45, 2.75) is 30.6 Å². The van der Waals surface area contributed by atoms with Crippen LogP contribution in [0.5, 0.6) is 0 Å². The number of carbonyl (C=O) groups is 2. The van der Waals surface area contributed by atoms with E-state index in [-0.39, 0.29) is 34.4 Å². The van der Waals surface area contributed by atoms with Crippen LogP contribution in [-0.4, -0.2) is 36.3 Å². The van der Waals surface area contributed by atoms with Gasteiger partial charge in [0.05, 0.1) is 34.4 Å². The van der Waals surface area contributed by atoms with Crippen LogP contribution >= 0.6 is 11.8 Å². The summed E-state index contributed by atoms with van der Waals surface area (Å²) in [5.74, 6) is 0.0272. The maximum absolute atomic E-state index is 13.0. The van der Waals surface area contributed by atoms with E-state index in [1.807, 2.05) is 25.1 Å². The van der Waals surface area contributed by atoms with E-state index in [9.17, 15) is 9.59 Å². The van der Waals surface area contributed by atoms with Crippen LogP contribution in [0, 0.1) is 0 Å². The molecule has 27 heavy (non-hydrogen) atoms. The summed E-state index contributed by atoms with van der Waals surface area (Å²) < 4.78 is 5.31. The molecule has 3 N–H and O–H groups in total. The van der Waals surface area contributed by atoms with Gasteiger partial charge in [-0.15, -0.1) is 11.8 Å². The van der Waals surface area contributed by atoms with Crippen molar-refractivity contribution >= 4 is 35.0 Å². The molecule has 1 fully saturated rings. The number of rotatable bonds is 2. The third-order valence-electron chi connectivity index (χ3n) is 4.87. The number of furan rings is 1. The highest BCUT2D eigenvalue weighted by atomic mass is 32.2. The van der Waals surface area contributed by atoms with Crippen LogP contribution in [0.15, 0.2) is 41.0 Å². The number of anilines is 2. The van der Waals surface area contributed by atoms with Gasteiger partial charge in [-0.2, -0.15) is 0 Å². The van der Waals surface area contributed by atoms with Gasteiger partial charge < -0.3 is 20.0 Å². The number of thioether (sulfide) groups is 1. The minimum absolute atomic E-state index is 0.0422. The van der Waals surface area contributed by atoms with E-state index >= 15 is 0 Å². The van der Waals surface area contributed by atoms with E-state index in [4.69, 9.17) is 10.2 Å². The second-order valence-electron chi connectivity index (χ2n) is 6.84. The average molecular weight is 386 g/mol. The summed E-state index contributed by atoms with van der Waals surface area (Å²) in [6, 6.07) is 9.09. The molecule has 0 spiro atoms. The Morgan fingerprint density at radius 3 is 2.74 bits per heavy atom. The first-order chi connectivity index (χ1) is 13.0. The third-order valence-corrected chi connectivity index (χ3v) is 6.10. The zero-order chi connectivity index (χ0) is 19.1. The lowest BCUT2D eigenvalue weighted by atomic mass is 10.0. The Balaban J connectivity index is 1.78. The van der Waals surface area contributed by atoms with E-state index < -0.39 is 0 Å². The first-order valence-electron chi connectivity index (χ1n) is 8.89. The van der Waals surface area contributed by atoms with Crippen molar-refractivity contribution in [3.63, 3.8) is 0 Å². The van der Waals surface area contributed by atoms with Gasteiger partial charge in [0.15, 0.2) is 5.76 Å². The summed E-state index contributed by atoms with van der Waals surface area (Å²) in [6.45, 7) is 4.62. The van der Waals surface area contributed by atoms with E-state index in [1.165, 1.54) is 6.26 Å². The molecular weight excluding hydrogens is 364 g/mol. The molecule has 1 aromatic carbocycles. The van der Waals surface area contributed by atoms with E-state index in [1.54, 1.807) is 40.6 Å². The standard InChI is InChI=1S/C19H22N4O3S/c1-11-10-22(19(25)16-4-3-7-26-16)15-8-13(18-21-9-17(20)27-18)5-6-14(15)23(11)12(2)24/h3-8,11,17-18,21H,9-10,20H2,1-2H3/t11-,17?,18?/m0/s1. The molecule has 8 heteroatoms. The molecule has 0 radical (unpaired) electrons. The summed E-state index contributed by atoms with van der Waals surface area (Å²) in [5, 5.41) is 3.49. The number of fused-ring (bicyclic) bond motifs is 1.